The Morgan fingerprint density at radius 1 is 1.58 bits per heavy atom. The van der Waals surface area contributed by atoms with Gasteiger partial charge >= 0.3 is 0 Å². The number of hydrogen-bond acceptors (Lipinski definition) is 3. The minimum atomic E-state index is -2.45. The second-order valence-electron chi connectivity index (χ2n) is 2.00. The van der Waals surface area contributed by atoms with Crippen LogP contribution in [0.15, 0.2) is 18.2 Å². The summed E-state index contributed by atoms with van der Waals surface area (Å²) in [6.07, 6.45) is 0. The number of rotatable bonds is 2. The monoisotopic (exact) mass is 206 g/mol. The summed E-state index contributed by atoms with van der Waals surface area (Å²) in [5, 5.41) is 9.44. The number of nitrogens with one attached hydrogen (secondary N) is 1. The van der Waals surface area contributed by atoms with Crippen LogP contribution in [0.1, 0.15) is 0 Å². The molecule has 1 aromatic rings. The van der Waals surface area contributed by atoms with Gasteiger partial charge in [-0.2, -0.15) is 0 Å². The van der Waals surface area contributed by atoms with Gasteiger partial charge in [-0.25, -0.2) is 0 Å². The fourth-order valence-corrected chi connectivity index (χ4v) is 1.19. The largest absolute Gasteiger partial charge is 0.755 e. The number of aromatic hydroxyl groups is 1. The molecule has 0 aliphatic rings. The van der Waals surface area contributed by atoms with Crippen LogP contribution in [0.5, 0.6) is 5.75 Å². The van der Waals surface area contributed by atoms with Crippen LogP contribution in [-0.4, -0.2) is 13.9 Å². The van der Waals surface area contributed by atoms with E-state index in [1.165, 1.54) is 18.2 Å². The van der Waals surface area contributed by atoms with E-state index in [0.717, 1.165) is 0 Å². The highest BCUT2D eigenvalue weighted by Crippen LogP contribution is 2.26. The second-order valence-corrected chi connectivity index (χ2v) is 3.11. The van der Waals surface area contributed by atoms with Crippen molar-refractivity contribution in [3.05, 3.63) is 23.2 Å². The first-order valence-corrected chi connectivity index (χ1v) is 4.39. The fourth-order valence-electron chi connectivity index (χ4n) is 0.680. The molecular weight excluding hydrogens is 202 g/mol. The van der Waals surface area contributed by atoms with Crippen LogP contribution in [0, 0.1) is 0 Å². The minimum absolute atomic E-state index is 0.0656. The van der Waals surface area contributed by atoms with Gasteiger partial charge in [0.25, 0.3) is 0 Å². The Hall–Kier alpha value is -0.780. The Morgan fingerprint density at radius 2 is 2.25 bits per heavy atom. The van der Waals surface area contributed by atoms with Gasteiger partial charge in [-0.1, -0.05) is 11.6 Å². The first-order valence-electron chi connectivity index (χ1n) is 2.94. The van der Waals surface area contributed by atoms with Gasteiger partial charge in [-0.05, 0) is 18.2 Å². The third kappa shape index (κ3) is 2.37. The molecule has 2 N–H and O–H groups in total. The lowest BCUT2D eigenvalue weighted by molar-refractivity contribution is 0.477. The lowest BCUT2D eigenvalue weighted by Gasteiger charge is -2.09. The normalized spacial score (nSPS) is 12.5. The van der Waals surface area contributed by atoms with E-state index < -0.39 is 11.3 Å². The van der Waals surface area contributed by atoms with E-state index in [1.54, 1.807) is 0 Å². The fraction of sp³-hybridized carbons (Fsp3) is 0. The van der Waals surface area contributed by atoms with E-state index >= 15 is 0 Å². The molecule has 66 valence electrons. The average molecular weight is 207 g/mol. The summed E-state index contributed by atoms with van der Waals surface area (Å²) in [6.45, 7) is 0. The van der Waals surface area contributed by atoms with Gasteiger partial charge in [0.05, 0.1) is 5.69 Å². The van der Waals surface area contributed by atoms with Crippen molar-refractivity contribution in [1.82, 2.24) is 0 Å². The summed E-state index contributed by atoms with van der Waals surface area (Å²) < 4.78 is 22.3. The smallest absolute Gasteiger partial charge is 0.139 e. The maximum Gasteiger partial charge on any atom is 0.139 e. The van der Waals surface area contributed by atoms with E-state index in [-0.39, 0.29) is 11.4 Å². The maximum atomic E-state index is 10.2. The molecule has 0 aromatic heterocycles. The Balaban J connectivity index is 2.97. The second kappa shape index (κ2) is 3.75. The molecule has 0 aliphatic carbocycles. The third-order valence-corrected chi connectivity index (χ3v) is 1.77. The van der Waals surface area contributed by atoms with Gasteiger partial charge in [0.1, 0.15) is 5.75 Å². The molecule has 0 saturated heterocycles. The molecule has 0 heterocycles. The highest BCUT2D eigenvalue weighted by molar-refractivity contribution is 7.80. The van der Waals surface area contributed by atoms with E-state index in [2.05, 4.69) is 0 Å². The van der Waals surface area contributed by atoms with Gasteiger partial charge in [-0.15, -0.1) is 0 Å². The minimum Gasteiger partial charge on any atom is -0.755 e. The molecule has 0 aliphatic heterocycles. The van der Waals surface area contributed by atoms with E-state index in [1.807, 2.05) is 4.72 Å². The lowest BCUT2D eigenvalue weighted by atomic mass is 10.3. The van der Waals surface area contributed by atoms with Crippen LogP contribution in [0.2, 0.25) is 5.02 Å². The molecule has 12 heavy (non-hydrogen) atoms. The van der Waals surface area contributed by atoms with Gasteiger partial charge < -0.3 is 14.4 Å². The molecule has 1 rings (SSSR count). The zero-order valence-electron chi connectivity index (χ0n) is 5.78. The van der Waals surface area contributed by atoms with Crippen LogP contribution >= 0.6 is 11.6 Å². The molecule has 0 fully saturated rings. The average Bonchev–Trinajstić information content (AvgIpc) is 1.96. The number of phenols is 1. The molecule has 1 aromatic carbocycles. The van der Waals surface area contributed by atoms with Crippen LogP contribution in [0.3, 0.4) is 0 Å². The van der Waals surface area contributed by atoms with Crippen molar-refractivity contribution in [2.24, 2.45) is 0 Å². The predicted molar refractivity (Wildman–Crippen MR) is 45.7 cm³/mol. The first-order chi connectivity index (χ1) is 5.59. The van der Waals surface area contributed by atoms with Crippen LogP contribution in [0.25, 0.3) is 0 Å². The summed E-state index contributed by atoms with van der Waals surface area (Å²) >= 11 is 3.09. The standard InChI is InChI=1S/C6H6ClNO3S/c7-4-1-2-6(9)5(3-4)8-12(10)11/h1-3,8-9H,(H,10,11)/p-1. The molecule has 0 radical (unpaired) electrons. The van der Waals surface area contributed by atoms with Crippen molar-refractivity contribution < 1.29 is 13.9 Å². The zero-order chi connectivity index (χ0) is 9.14. The van der Waals surface area contributed by atoms with Gasteiger partial charge in [-0.3, -0.25) is 4.21 Å². The summed E-state index contributed by atoms with van der Waals surface area (Å²) in [5.41, 5.74) is 0.0656. The predicted octanol–water partition coefficient (Wildman–Crippen LogP) is 1.25. The molecule has 0 amide bonds. The highest BCUT2D eigenvalue weighted by atomic mass is 35.5. The Bertz CT molecular complexity index is 318. The molecule has 1 atom stereocenters. The van der Waals surface area contributed by atoms with Crippen molar-refractivity contribution in [1.29, 1.82) is 0 Å². The molecule has 1 unspecified atom stereocenters. The maximum absolute atomic E-state index is 10.2. The number of halogens is 1. The lowest BCUT2D eigenvalue weighted by Crippen LogP contribution is -2.02. The number of hydrogen-bond donors (Lipinski definition) is 2. The summed E-state index contributed by atoms with van der Waals surface area (Å²) in [7, 11) is 0. The molecule has 0 saturated carbocycles. The molecule has 0 spiro atoms. The first kappa shape index (κ1) is 9.31. The third-order valence-electron chi connectivity index (χ3n) is 1.15. The van der Waals surface area contributed by atoms with Crippen molar-refractivity contribution in [2.45, 2.75) is 0 Å². The molecule has 0 bridgehead atoms. The molecule has 6 heteroatoms. The van der Waals surface area contributed by atoms with Gasteiger partial charge in [0, 0.05) is 16.3 Å². The summed E-state index contributed by atoms with van der Waals surface area (Å²) in [4.78, 5) is 0. The zero-order valence-corrected chi connectivity index (χ0v) is 7.35. The Morgan fingerprint density at radius 3 is 2.83 bits per heavy atom. The van der Waals surface area contributed by atoms with Crippen molar-refractivity contribution in [3.8, 4) is 5.75 Å². The van der Waals surface area contributed by atoms with Gasteiger partial charge in [0.15, 0.2) is 0 Å². The molecular formula is C6H5ClNO3S-. The van der Waals surface area contributed by atoms with Crippen LogP contribution in [0.4, 0.5) is 5.69 Å². The van der Waals surface area contributed by atoms with Gasteiger partial charge in [0.2, 0.25) is 0 Å². The molecule has 4 nitrogen and oxygen atoms in total. The SMILES string of the molecule is O=S([O-])Nc1cc(Cl)ccc1O. The summed E-state index contributed by atoms with van der Waals surface area (Å²) in [6, 6.07) is 4.07. The Kier molecular flexibility index (Phi) is 2.91. The number of benzene rings is 1. The summed E-state index contributed by atoms with van der Waals surface area (Å²) in [5.74, 6) is -0.163. The van der Waals surface area contributed by atoms with Crippen molar-refractivity contribution in [3.63, 3.8) is 0 Å². The van der Waals surface area contributed by atoms with E-state index in [0.29, 0.717) is 5.02 Å². The van der Waals surface area contributed by atoms with Crippen molar-refractivity contribution in [2.75, 3.05) is 4.72 Å². The number of phenolic OH excluding ortho intramolecular Hbond substituents is 1. The topological polar surface area (TPSA) is 72.4 Å². The van der Waals surface area contributed by atoms with E-state index in [4.69, 9.17) is 16.7 Å². The van der Waals surface area contributed by atoms with Crippen LogP contribution in [-0.2, 0) is 11.3 Å². The quantitative estimate of drug-likeness (QED) is 0.565. The number of anilines is 1. The van der Waals surface area contributed by atoms with Crippen LogP contribution < -0.4 is 4.72 Å². The van der Waals surface area contributed by atoms with E-state index in [9.17, 15) is 8.76 Å². The van der Waals surface area contributed by atoms with Crippen molar-refractivity contribution >= 4 is 28.6 Å². The Labute approximate surface area is 76.6 Å². The highest BCUT2D eigenvalue weighted by Gasteiger charge is 2.00.